The molecule has 0 aliphatic rings. The van der Waals surface area contributed by atoms with E-state index in [2.05, 4.69) is 15.6 Å². The van der Waals surface area contributed by atoms with Crippen LogP contribution in [0.4, 0.5) is 10.5 Å². The molecule has 6 nitrogen and oxygen atoms in total. The smallest absolute Gasteiger partial charge is 0.412 e. The van der Waals surface area contributed by atoms with Crippen molar-refractivity contribution >= 4 is 17.7 Å². The zero-order valence-corrected chi connectivity index (χ0v) is 15.6. The number of amides is 2. The maximum Gasteiger partial charge on any atom is 0.412 e. The Kier molecular flexibility index (Phi) is 6.33. The first-order valence-electron chi connectivity index (χ1n) is 8.49. The van der Waals surface area contributed by atoms with Crippen LogP contribution in [0.2, 0.25) is 0 Å². The Bertz CT molecular complexity index is 765. The first kappa shape index (κ1) is 19.4. The summed E-state index contributed by atoms with van der Waals surface area (Å²) in [5, 5.41) is 5.52. The van der Waals surface area contributed by atoms with Gasteiger partial charge in [0.05, 0.1) is 18.7 Å². The van der Waals surface area contributed by atoms with Crippen LogP contribution in [-0.4, -0.2) is 22.6 Å². The Labute approximate surface area is 154 Å². The quantitative estimate of drug-likeness (QED) is 0.859. The molecule has 1 heterocycles. The minimum absolute atomic E-state index is 0.0823. The maximum absolute atomic E-state index is 12.1. The molecule has 2 amide bonds. The number of hydrogen-bond donors (Lipinski definition) is 2. The summed E-state index contributed by atoms with van der Waals surface area (Å²) in [4.78, 5) is 28.1. The molecular weight excluding hydrogens is 330 g/mol. The van der Waals surface area contributed by atoms with Gasteiger partial charge in [-0.15, -0.1) is 0 Å². The van der Waals surface area contributed by atoms with Gasteiger partial charge in [-0.1, -0.05) is 18.2 Å². The van der Waals surface area contributed by atoms with Crippen LogP contribution in [0.25, 0.3) is 0 Å². The number of anilines is 1. The van der Waals surface area contributed by atoms with E-state index in [-0.39, 0.29) is 12.3 Å². The molecule has 0 spiro atoms. The van der Waals surface area contributed by atoms with E-state index in [9.17, 15) is 9.59 Å². The second-order valence-corrected chi connectivity index (χ2v) is 7.05. The van der Waals surface area contributed by atoms with Crippen LogP contribution in [0.15, 0.2) is 42.5 Å². The molecule has 0 fully saturated rings. The Hall–Kier alpha value is -2.89. The normalized spacial score (nSPS) is 10.9. The summed E-state index contributed by atoms with van der Waals surface area (Å²) in [6.45, 7) is 7.73. The Morgan fingerprint density at radius 1 is 1.08 bits per heavy atom. The predicted molar refractivity (Wildman–Crippen MR) is 101 cm³/mol. The maximum atomic E-state index is 12.1. The number of benzene rings is 1. The van der Waals surface area contributed by atoms with Gasteiger partial charge in [0, 0.05) is 11.4 Å². The molecule has 1 aromatic heterocycles. The van der Waals surface area contributed by atoms with Crippen LogP contribution in [-0.2, 0) is 22.5 Å². The van der Waals surface area contributed by atoms with E-state index in [0.29, 0.717) is 12.2 Å². The number of pyridine rings is 1. The van der Waals surface area contributed by atoms with Crippen molar-refractivity contribution < 1.29 is 14.3 Å². The molecule has 0 bridgehead atoms. The van der Waals surface area contributed by atoms with E-state index < -0.39 is 11.7 Å². The van der Waals surface area contributed by atoms with E-state index >= 15 is 0 Å². The van der Waals surface area contributed by atoms with E-state index in [0.717, 1.165) is 17.0 Å². The molecular formula is C20H25N3O3. The summed E-state index contributed by atoms with van der Waals surface area (Å²) in [6, 6.07) is 12.8. The molecule has 0 atom stereocenters. The highest BCUT2D eigenvalue weighted by Crippen LogP contribution is 2.13. The molecule has 0 saturated heterocycles. The molecule has 0 aliphatic carbocycles. The minimum Gasteiger partial charge on any atom is -0.444 e. The molecule has 0 unspecified atom stereocenters. The SMILES string of the molecule is Cc1cccc(CNC(=O)Cc2ccc(NC(=O)OC(C)(C)C)cc2)n1. The highest BCUT2D eigenvalue weighted by Gasteiger charge is 2.16. The van der Waals surface area contributed by atoms with E-state index in [4.69, 9.17) is 4.74 Å². The molecule has 138 valence electrons. The van der Waals surface area contributed by atoms with Gasteiger partial charge in [0.2, 0.25) is 5.91 Å². The van der Waals surface area contributed by atoms with Crippen molar-refractivity contribution in [3.63, 3.8) is 0 Å². The zero-order valence-electron chi connectivity index (χ0n) is 15.6. The van der Waals surface area contributed by atoms with Gasteiger partial charge in [-0.3, -0.25) is 15.1 Å². The second-order valence-electron chi connectivity index (χ2n) is 7.05. The molecule has 0 radical (unpaired) electrons. The van der Waals surface area contributed by atoms with Crippen molar-refractivity contribution in [2.24, 2.45) is 0 Å². The number of rotatable bonds is 5. The topological polar surface area (TPSA) is 80.3 Å². The number of carbonyl (C=O) groups excluding carboxylic acids is 2. The van der Waals surface area contributed by atoms with Gasteiger partial charge >= 0.3 is 6.09 Å². The average Bonchev–Trinajstić information content (AvgIpc) is 2.53. The van der Waals surface area contributed by atoms with Crippen molar-refractivity contribution in [1.29, 1.82) is 0 Å². The van der Waals surface area contributed by atoms with Gasteiger partial charge in [0.1, 0.15) is 5.60 Å². The highest BCUT2D eigenvalue weighted by molar-refractivity contribution is 5.85. The Balaban J connectivity index is 1.82. The number of aryl methyl sites for hydroxylation is 1. The number of nitrogens with one attached hydrogen (secondary N) is 2. The van der Waals surface area contributed by atoms with Crippen LogP contribution in [0, 0.1) is 6.92 Å². The summed E-state index contributed by atoms with van der Waals surface area (Å²) in [7, 11) is 0. The monoisotopic (exact) mass is 355 g/mol. The second kappa shape index (κ2) is 8.47. The van der Waals surface area contributed by atoms with Crippen molar-refractivity contribution in [1.82, 2.24) is 10.3 Å². The molecule has 2 rings (SSSR count). The standard InChI is InChI=1S/C20H25N3O3/c1-14-6-5-7-17(22-14)13-21-18(24)12-15-8-10-16(11-9-15)23-19(25)26-20(2,3)4/h5-11H,12-13H2,1-4H3,(H,21,24)(H,23,25). The van der Waals surface area contributed by atoms with Gasteiger partial charge < -0.3 is 10.1 Å². The summed E-state index contributed by atoms with van der Waals surface area (Å²) in [6.07, 6.45) is -0.243. The van der Waals surface area contributed by atoms with Gasteiger partial charge in [0.25, 0.3) is 0 Å². The van der Waals surface area contributed by atoms with E-state index in [1.54, 1.807) is 45.0 Å². The molecule has 0 saturated carbocycles. The lowest BCUT2D eigenvalue weighted by Crippen LogP contribution is -2.27. The van der Waals surface area contributed by atoms with Crippen molar-refractivity contribution in [3.05, 3.63) is 59.4 Å². The van der Waals surface area contributed by atoms with E-state index in [1.165, 1.54) is 0 Å². The van der Waals surface area contributed by atoms with Crippen LogP contribution in [0.3, 0.4) is 0 Å². The van der Waals surface area contributed by atoms with Crippen LogP contribution < -0.4 is 10.6 Å². The first-order valence-corrected chi connectivity index (χ1v) is 8.49. The van der Waals surface area contributed by atoms with Crippen LogP contribution in [0.1, 0.15) is 37.7 Å². The van der Waals surface area contributed by atoms with Crippen molar-refractivity contribution in [3.8, 4) is 0 Å². The van der Waals surface area contributed by atoms with Gasteiger partial charge in [-0.05, 0) is 57.5 Å². The number of aromatic nitrogens is 1. The van der Waals surface area contributed by atoms with Crippen LogP contribution in [0.5, 0.6) is 0 Å². The lowest BCUT2D eigenvalue weighted by Gasteiger charge is -2.19. The first-order chi connectivity index (χ1) is 12.2. The number of nitrogens with zero attached hydrogens (tertiary/aromatic N) is 1. The molecule has 1 aromatic carbocycles. The summed E-state index contributed by atoms with van der Waals surface area (Å²) >= 11 is 0. The third kappa shape index (κ3) is 6.93. The fourth-order valence-electron chi connectivity index (χ4n) is 2.26. The predicted octanol–water partition coefficient (Wildman–Crippen LogP) is 3.60. The summed E-state index contributed by atoms with van der Waals surface area (Å²) < 4.78 is 5.20. The minimum atomic E-state index is -0.547. The fourth-order valence-corrected chi connectivity index (χ4v) is 2.26. The van der Waals surface area contributed by atoms with Crippen molar-refractivity contribution in [2.75, 3.05) is 5.32 Å². The lowest BCUT2D eigenvalue weighted by molar-refractivity contribution is -0.120. The van der Waals surface area contributed by atoms with Gasteiger partial charge in [-0.2, -0.15) is 0 Å². The zero-order chi connectivity index (χ0) is 19.2. The number of hydrogen-bond acceptors (Lipinski definition) is 4. The molecule has 2 aromatic rings. The number of carbonyl (C=O) groups is 2. The Morgan fingerprint density at radius 2 is 1.77 bits per heavy atom. The Morgan fingerprint density at radius 3 is 2.38 bits per heavy atom. The van der Waals surface area contributed by atoms with E-state index in [1.807, 2.05) is 25.1 Å². The summed E-state index contributed by atoms with van der Waals surface area (Å²) in [5.74, 6) is -0.0823. The average molecular weight is 355 g/mol. The highest BCUT2D eigenvalue weighted by atomic mass is 16.6. The van der Waals surface area contributed by atoms with Gasteiger partial charge in [-0.25, -0.2) is 4.79 Å². The number of ether oxygens (including phenoxy) is 1. The molecule has 26 heavy (non-hydrogen) atoms. The molecule has 6 heteroatoms. The fraction of sp³-hybridized carbons (Fsp3) is 0.350. The third-order valence-corrected chi connectivity index (χ3v) is 3.38. The van der Waals surface area contributed by atoms with Crippen molar-refractivity contribution in [2.45, 2.75) is 46.3 Å². The third-order valence-electron chi connectivity index (χ3n) is 3.38. The molecule has 0 aliphatic heterocycles. The molecule has 2 N–H and O–H groups in total. The summed E-state index contributed by atoms with van der Waals surface area (Å²) in [5.41, 5.74) is 2.68. The van der Waals surface area contributed by atoms with Gasteiger partial charge in [0.15, 0.2) is 0 Å². The largest absolute Gasteiger partial charge is 0.444 e. The van der Waals surface area contributed by atoms with Crippen LogP contribution >= 0.6 is 0 Å². The lowest BCUT2D eigenvalue weighted by atomic mass is 10.1.